The van der Waals surface area contributed by atoms with Crippen molar-refractivity contribution in [1.29, 1.82) is 0 Å². The molecule has 2 aromatic rings. The minimum Gasteiger partial charge on any atom is -0.870 e. The van der Waals surface area contributed by atoms with Crippen LogP contribution in [-0.4, -0.2) is 63.9 Å². The van der Waals surface area contributed by atoms with Crippen molar-refractivity contribution in [2.45, 2.75) is 63.5 Å². The quantitative estimate of drug-likeness (QED) is 0.278. The monoisotopic (exact) mass is 678 g/mol. The van der Waals surface area contributed by atoms with Crippen molar-refractivity contribution in [3.8, 4) is 0 Å². The number of carboxylic acids is 1. The van der Waals surface area contributed by atoms with Crippen LogP contribution < -0.4 is 18.9 Å². The van der Waals surface area contributed by atoms with Gasteiger partial charge in [0, 0.05) is 37.4 Å². The van der Waals surface area contributed by atoms with Gasteiger partial charge < -0.3 is 15.3 Å². The van der Waals surface area contributed by atoms with Crippen LogP contribution in [0.4, 0.5) is 17.6 Å². The number of hydrogen-bond donors (Lipinski definition) is 1. The summed E-state index contributed by atoms with van der Waals surface area (Å²) < 4.78 is 58.6. The zero-order valence-electron chi connectivity index (χ0n) is 26.7. The second-order valence-corrected chi connectivity index (χ2v) is 13.8. The molecule has 10 rings (SSSR count). The third-order valence-corrected chi connectivity index (χ3v) is 10.7. The van der Waals surface area contributed by atoms with Crippen LogP contribution >= 0.6 is 0 Å². The number of halogens is 4. The van der Waals surface area contributed by atoms with Gasteiger partial charge in [0.1, 0.15) is 23.3 Å². The number of hydrazone groups is 2. The summed E-state index contributed by atoms with van der Waals surface area (Å²) in [5, 5.41) is 19.9. The molecule has 2 heterocycles. The van der Waals surface area contributed by atoms with E-state index in [0.717, 1.165) is 12.1 Å². The van der Waals surface area contributed by atoms with Gasteiger partial charge in [0.2, 0.25) is 11.8 Å². The van der Waals surface area contributed by atoms with Gasteiger partial charge in [-0.3, -0.25) is 19.2 Å². The number of benzene rings is 2. The number of esters is 1. The van der Waals surface area contributed by atoms with Crippen LogP contribution in [0.25, 0.3) is 0 Å². The molecule has 4 bridgehead atoms. The van der Waals surface area contributed by atoms with Crippen LogP contribution in [0.3, 0.4) is 0 Å². The van der Waals surface area contributed by atoms with Crippen LogP contribution in [0, 0.1) is 44.9 Å². The maximum Gasteiger partial charge on any atom is 1.00 e. The van der Waals surface area contributed by atoms with E-state index in [4.69, 9.17) is 9.84 Å². The Morgan fingerprint density at radius 3 is 1.35 bits per heavy atom. The Morgan fingerprint density at radius 2 is 1.02 bits per heavy atom. The topological polar surface area (TPSA) is 159 Å². The van der Waals surface area contributed by atoms with Crippen molar-refractivity contribution in [1.82, 2.24) is 10.0 Å². The maximum absolute atomic E-state index is 13.5. The van der Waals surface area contributed by atoms with E-state index in [-0.39, 0.29) is 42.1 Å². The number of nitrogens with zero attached hydrogens (tertiary/aromatic N) is 4. The van der Waals surface area contributed by atoms with Crippen molar-refractivity contribution in [3.63, 3.8) is 0 Å². The molecule has 2 aliphatic heterocycles. The Bertz CT molecular complexity index is 1730. The van der Waals surface area contributed by atoms with Crippen LogP contribution in [0.5, 0.6) is 0 Å². The van der Waals surface area contributed by atoms with Gasteiger partial charge in [-0.15, -0.1) is 0 Å². The van der Waals surface area contributed by atoms with Gasteiger partial charge in [0.15, 0.2) is 0 Å². The van der Waals surface area contributed by atoms with E-state index in [1.807, 2.05) is 0 Å². The molecule has 2 aromatic carbocycles. The van der Waals surface area contributed by atoms with Gasteiger partial charge >= 0.3 is 30.8 Å². The molecule has 2 amide bonds. The van der Waals surface area contributed by atoms with Gasteiger partial charge in [0.05, 0.1) is 40.9 Å². The summed E-state index contributed by atoms with van der Waals surface area (Å²) in [5.74, 6) is -4.32. The van der Waals surface area contributed by atoms with Gasteiger partial charge in [-0.05, 0) is 73.9 Å². The molecule has 0 spiro atoms. The van der Waals surface area contributed by atoms with Crippen molar-refractivity contribution >= 4 is 36.2 Å². The van der Waals surface area contributed by atoms with Crippen LogP contribution in [0.1, 0.15) is 74.6 Å². The molecule has 11 nitrogen and oxygen atoms in total. The Morgan fingerprint density at radius 1 is 0.673 bits per heavy atom. The number of amides is 2. The Hall–Kier alpha value is -4.06. The van der Waals surface area contributed by atoms with E-state index in [0.29, 0.717) is 62.5 Å². The number of ether oxygens (including phenoxy) is 1. The molecule has 16 heteroatoms. The fourth-order valence-electron chi connectivity index (χ4n) is 8.48. The fourth-order valence-corrected chi connectivity index (χ4v) is 8.48. The minimum atomic E-state index is -0.860. The molecule has 6 saturated carbocycles. The van der Waals surface area contributed by atoms with Crippen LogP contribution in [0.15, 0.2) is 46.6 Å². The second kappa shape index (κ2) is 12.4. The number of rotatable bonds is 6. The predicted molar refractivity (Wildman–Crippen MR) is 157 cm³/mol. The van der Waals surface area contributed by atoms with Crippen molar-refractivity contribution in [2.24, 2.45) is 31.9 Å². The van der Waals surface area contributed by atoms with Gasteiger partial charge in [-0.1, -0.05) is 0 Å². The van der Waals surface area contributed by atoms with Crippen molar-refractivity contribution in [3.05, 3.63) is 70.8 Å². The molecule has 254 valence electrons. The predicted octanol–water partition coefficient (Wildman–Crippen LogP) is 1.87. The molecule has 6 aliphatic carbocycles. The summed E-state index contributed by atoms with van der Waals surface area (Å²) in [7, 11) is 1.34. The molecule has 2 N–H and O–H groups in total. The first-order valence-corrected chi connectivity index (χ1v) is 15.2. The summed E-state index contributed by atoms with van der Waals surface area (Å²) in [6.45, 7) is 0. The zero-order chi connectivity index (χ0) is 33.5. The summed E-state index contributed by atoms with van der Waals surface area (Å²) in [4.78, 5) is 48.5. The third-order valence-electron chi connectivity index (χ3n) is 10.7. The first-order valence-electron chi connectivity index (χ1n) is 15.2. The fraction of sp³-hybridized carbons (Fsp3) is 0.455. The molecule has 2 atom stereocenters. The Labute approximate surface area is 289 Å². The summed E-state index contributed by atoms with van der Waals surface area (Å²) in [6, 6.07) is 5.37. The third kappa shape index (κ3) is 5.56. The number of aliphatic carboxylic acids is 1. The largest absolute Gasteiger partial charge is 1.00 e. The van der Waals surface area contributed by atoms with E-state index in [2.05, 4.69) is 10.2 Å². The van der Waals surface area contributed by atoms with Crippen LogP contribution in [0.2, 0.25) is 0 Å². The molecule has 49 heavy (non-hydrogen) atoms. The SMILES string of the molecule is COC(=O)C12CC(C(=O)N3N=CCC3c3cc(F)cc(F)c3)(C1)C2.O=C(O)C12CC(C(=O)N3N=CCC3c3cc(F)cc(F)c3)(C1)C2.[Li+].[OH-]. The number of hydrogen-bond acceptors (Lipinski definition) is 8. The van der Waals surface area contributed by atoms with E-state index in [1.54, 1.807) is 12.4 Å². The van der Waals surface area contributed by atoms with Gasteiger partial charge in [-0.25, -0.2) is 27.6 Å². The van der Waals surface area contributed by atoms with Gasteiger partial charge in [0.25, 0.3) is 0 Å². The van der Waals surface area contributed by atoms with E-state index < -0.39 is 63.0 Å². The van der Waals surface area contributed by atoms with E-state index >= 15 is 0 Å². The van der Waals surface area contributed by atoms with Crippen molar-refractivity contribution < 1.29 is 70.9 Å². The number of carbonyl (C=O) groups is 4. The molecular weight excluding hydrogens is 647 g/mol. The first kappa shape index (κ1) is 36.2. The molecule has 6 fully saturated rings. The average molecular weight is 679 g/mol. The molecule has 0 saturated heterocycles. The number of methoxy groups -OCH3 is 1. The second-order valence-electron chi connectivity index (χ2n) is 13.8. The van der Waals surface area contributed by atoms with Gasteiger partial charge in [-0.2, -0.15) is 10.2 Å². The average Bonchev–Trinajstić information content (AvgIpc) is 3.59. The summed E-state index contributed by atoms with van der Waals surface area (Å²) in [6.07, 6.45) is 6.27. The zero-order valence-corrected chi connectivity index (χ0v) is 26.7. The standard InChI is InChI=1S/C17H16F2N2O3.C16H14F2N2O3.Li.H2O/c1-24-15(23)17-7-16(8-17,9-17)14(22)21-13(2-3-20-21)10-4-11(18)6-12(19)5-10;17-10-3-9(4-11(18)5-10)12-1-2-19-20(12)13(21)15-6-16(7-15,8-15)14(22)23;;/h3-6,13H,2,7-9H2,1H3;2-5,12H,1,6-8H2,(H,22,23);;1H2/q;;+1;/p-1. The Balaban J connectivity index is 0.000000184. The number of carbonyl (C=O) groups excluding carboxylic acids is 3. The van der Waals surface area contributed by atoms with E-state index in [1.165, 1.54) is 41.4 Å². The number of carboxylic acid groups (broad SMARTS) is 1. The summed E-state index contributed by atoms with van der Waals surface area (Å²) >= 11 is 0. The molecule has 2 unspecified atom stereocenters. The Kier molecular flexibility index (Phi) is 9.14. The first-order chi connectivity index (χ1) is 22.2. The molecule has 8 aliphatic rings. The normalized spacial score (nSPS) is 32.1. The maximum atomic E-state index is 13.5. The minimum absolute atomic E-state index is 0. The molecular formula is C33H31F4LiN4O7. The van der Waals surface area contributed by atoms with Crippen molar-refractivity contribution in [2.75, 3.05) is 7.11 Å². The summed E-state index contributed by atoms with van der Waals surface area (Å²) in [5.41, 5.74) is -1.78. The smallest absolute Gasteiger partial charge is 0.870 e. The molecule has 0 radical (unpaired) electrons. The van der Waals surface area contributed by atoms with Crippen LogP contribution in [-0.2, 0) is 23.9 Å². The van der Waals surface area contributed by atoms with E-state index in [9.17, 15) is 36.7 Å². The molecule has 0 aromatic heterocycles.